The van der Waals surface area contributed by atoms with Gasteiger partial charge in [-0.3, -0.25) is 9.59 Å². The van der Waals surface area contributed by atoms with Crippen LogP contribution >= 0.6 is 0 Å². The number of hydrogen-bond donors (Lipinski definition) is 2. The molecule has 1 aromatic heterocycles. The Hall–Kier alpha value is -2.81. The van der Waals surface area contributed by atoms with Gasteiger partial charge in [-0.15, -0.1) is 6.58 Å². The molecular formula is C29H39NO7. The van der Waals surface area contributed by atoms with Crippen molar-refractivity contribution in [3.8, 4) is 0 Å². The van der Waals surface area contributed by atoms with Gasteiger partial charge in [0.25, 0.3) is 0 Å². The van der Waals surface area contributed by atoms with E-state index in [1.165, 1.54) is 0 Å². The maximum absolute atomic E-state index is 13.5. The fourth-order valence-corrected chi connectivity index (χ4v) is 4.60. The van der Waals surface area contributed by atoms with Crippen molar-refractivity contribution < 1.29 is 33.7 Å². The van der Waals surface area contributed by atoms with Crippen molar-refractivity contribution in [2.45, 2.75) is 84.7 Å². The molecule has 8 heteroatoms. The molecule has 1 aliphatic rings. The number of aromatic nitrogens is 1. The molecule has 0 aliphatic carbocycles. The highest BCUT2D eigenvalue weighted by molar-refractivity contribution is 5.88. The zero-order valence-corrected chi connectivity index (χ0v) is 22.4. The molecule has 1 aromatic carbocycles. The minimum absolute atomic E-state index is 0.222. The minimum Gasteiger partial charge on any atom is -0.457 e. The van der Waals surface area contributed by atoms with Crippen LogP contribution in [-0.4, -0.2) is 51.9 Å². The minimum atomic E-state index is -1.31. The van der Waals surface area contributed by atoms with Crippen LogP contribution in [0.25, 0.3) is 11.1 Å². The molecule has 2 aromatic rings. The normalized spacial score (nSPS) is 29.9. The molecule has 8 nitrogen and oxygen atoms in total. The second kappa shape index (κ2) is 12.2. The molecule has 3 rings (SSSR count). The third-order valence-electron chi connectivity index (χ3n) is 7.20. The number of carbonyl (C=O) groups is 2. The Labute approximate surface area is 218 Å². The van der Waals surface area contributed by atoms with Gasteiger partial charge in [0.05, 0.1) is 42.7 Å². The number of cyclic esters (lactones) is 1. The van der Waals surface area contributed by atoms with E-state index >= 15 is 0 Å². The van der Waals surface area contributed by atoms with Crippen LogP contribution in [0.2, 0.25) is 0 Å². The van der Waals surface area contributed by atoms with Crippen LogP contribution in [0.3, 0.4) is 0 Å². The third kappa shape index (κ3) is 6.94. The number of aliphatic hydroxyl groups excluding tert-OH is 2. The van der Waals surface area contributed by atoms with E-state index in [4.69, 9.17) is 13.9 Å². The number of carbonyl (C=O) groups excluding carboxylic acids is 2. The summed E-state index contributed by atoms with van der Waals surface area (Å²) in [5.74, 6) is -1.27. The average molecular weight is 514 g/mol. The highest BCUT2D eigenvalue weighted by Crippen LogP contribution is 2.34. The number of nitrogens with zero attached hydrogens (tertiary/aromatic N) is 1. The number of fused-ring (bicyclic) bond motifs is 1. The summed E-state index contributed by atoms with van der Waals surface area (Å²) >= 11 is 0. The largest absolute Gasteiger partial charge is 0.457 e. The van der Waals surface area contributed by atoms with Crippen molar-refractivity contribution >= 4 is 22.9 Å². The first-order chi connectivity index (χ1) is 17.4. The van der Waals surface area contributed by atoms with E-state index in [0.29, 0.717) is 36.4 Å². The van der Waals surface area contributed by atoms with Gasteiger partial charge < -0.3 is 24.1 Å². The highest BCUT2D eigenvalue weighted by atomic mass is 16.5. The summed E-state index contributed by atoms with van der Waals surface area (Å²) in [5, 5.41) is 21.9. The van der Waals surface area contributed by atoms with E-state index in [9.17, 15) is 19.8 Å². The Morgan fingerprint density at radius 2 is 1.95 bits per heavy atom. The number of allylic oxidation sites excluding steroid dienone is 1. The summed E-state index contributed by atoms with van der Waals surface area (Å²) in [6.07, 6.45) is 0.841. The van der Waals surface area contributed by atoms with Crippen LogP contribution < -0.4 is 0 Å². The smallest absolute Gasteiger partial charge is 0.309 e. The monoisotopic (exact) mass is 513 g/mol. The number of rotatable bonds is 3. The summed E-state index contributed by atoms with van der Waals surface area (Å²) in [7, 11) is 0. The van der Waals surface area contributed by atoms with Crippen LogP contribution in [0.5, 0.6) is 0 Å². The number of ether oxygens (including phenoxy) is 2. The number of esters is 1. The van der Waals surface area contributed by atoms with Crippen molar-refractivity contribution in [2.24, 2.45) is 11.3 Å². The number of oxazole rings is 1. The van der Waals surface area contributed by atoms with E-state index in [2.05, 4.69) is 11.6 Å². The Kier molecular flexibility index (Phi) is 9.45. The van der Waals surface area contributed by atoms with E-state index in [0.717, 1.165) is 11.1 Å². The van der Waals surface area contributed by atoms with E-state index < -0.39 is 41.7 Å². The Morgan fingerprint density at radius 1 is 1.22 bits per heavy atom. The fourth-order valence-electron chi connectivity index (χ4n) is 4.60. The molecule has 0 fully saturated rings. The van der Waals surface area contributed by atoms with Crippen molar-refractivity contribution in [3.63, 3.8) is 0 Å². The number of Topliss-reactive ketones (excluding diaryl/α,β-unsaturated/α-hetero) is 1. The van der Waals surface area contributed by atoms with Crippen LogP contribution in [0.1, 0.15) is 70.9 Å². The fraction of sp³-hybridized carbons (Fsp3) is 0.552. The quantitative estimate of drug-likeness (QED) is 0.445. The average Bonchev–Trinajstić information content (AvgIpc) is 3.22. The summed E-state index contributed by atoms with van der Waals surface area (Å²) in [6, 6.07) is 5.47. The molecule has 0 bridgehead atoms. The lowest BCUT2D eigenvalue weighted by molar-refractivity contribution is -0.156. The van der Waals surface area contributed by atoms with Gasteiger partial charge in [0.1, 0.15) is 17.4 Å². The molecule has 0 spiro atoms. The Balaban J connectivity index is 1.93. The Bertz CT molecular complexity index is 1150. The molecule has 0 saturated carbocycles. The van der Waals surface area contributed by atoms with Crippen molar-refractivity contribution in [3.05, 3.63) is 54.0 Å². The highest BCUT2D eigenvalue weighted by Gasteiger charge is 2.44. The molecule has 0 amide bonds. The van der Waals surface area contributed by atoms with Gasteiger partial charge in [-0.25, -0.2) is 4.98 Å². The van der Waals surface area contributed by atoms with Gasteiger partial charge in [-0.2, -0.15) is 0 Å². The van der Waals surface area contributed by atoms with Crippen LogP contribution in [0, 0.1) is 18.3 Å². The second-order valence-electron chi connectivity index (χ2n) is 10.5. The lowest BCUT2D eigenvalue weighted by atomic mass is 9.72. The summed E-state index contributed by atoms with van der Waals surface area (Å²) in [5.41, 5.74) is 1.79. The lowest BCUT2D eigenvalue weighted by Crippen LogP contribution is -2.47. The van der Waals surface area contributed by atoms with E-state index in [1.54, 1.807) is 39.8 Å². The SMILES string of the molecule is C=CC[C@H]1C(=O)C(C)(C)[C@@H](O)CC(=O)O[C@H](c2ccc3oc(C)nc3c2)C/C=C(/C)CCO[C@H](C)[C@H]1O. The molecule has 0 saturated heterocycles. The zero-order valence-electron chi connectivity index (χ0n) is 22.4. The van der Waals surface area contributed by atoms with Gasteiger partial charge in [-0.1, -0.05) is 37.6 Å². The molecule has 0 unspecified atom stereocenters. The standard InChI is InChI=1S/C29H39NO7/c1-7-8-21-27(33)18(3)35-14-13-17(2)9-11-23(20-10-12-24-22(15-20)30-19(4)36-24)37-26(32)16-25(31)29(5,6)28(21)34/h7,9-10,12,15,18,21,23,25,27,31,33H,1,8,11,13-14,16H2,2-6H3/b17-9-/t18-,21-,23+,25+,27-/m1/s1. The molecular weight excluding hydrogens is 474 g/mol. The van der Waals surface area contributed by atoms with Gasteiger partial charge in [0, 0.05) is 13.3 Å². The topological polar surface area (TPSA) is 119 Å². The maximum atomic E-state index is 13.5. The number of aliphatic hydroxyl groups is 2. The number of ketones is 1. The molecule has 202 valence electrons. The maximum Gasteiger partial charge on any atom is 0.309 e. The molecule has 1 aliphatic heterocycles. The third-order valence-corrected chi connectivity index (χ3v) is 7.20. The predicted octanol–water partition coefficient (Wildman–Crippen LogP) is 4.77. The molecule has 2 heterocycles. The summed E-state index contributed by atoms with van der Waals surface area (Å²) < 4.78 is 17.3. The lowest BCUT2D eigenvalue weighted by Gasteiger charge is -2.35. The van der Waals surface area contributed by atoms with Gasteiger partial charge in [0.2, 0.25) is 0 Å². The van der Waals surface area contributed by atoms with Gasteiger partial charge in [-0.05, 0) is 44.4 Å². The van der Waals surface area contributed by atoms with Crippen LogP contribution in [0.15, 0.2) is 46.9 Å². The first-order valence-corrected chi connectivity index (χ1v) is 12.8. The molecule has 0 radical (unpaired) electrons. The molecule has 2 N–H and O–H groups in total. The summed E-state index contributed by atoms with van der Waals surface area (Å²) in [4.78, 5) is 30.9. The van der Waals surface area contributed by atoms with Gasteiger partial charge in [0.15, 0.2) is 11.5 Å². The van der Waals surface area contributed by atoms with Crippen molar-refractivity contribution in [2.75, 3.05) is 6.61 Å². The number of aryl methyl sites for hydroxylation is 1. The number of hydrogen-bond acceptors (Lipinski definition) is 8. The van der Waals surface area contributed by atoms with E-state index in [1.807, 2.05) is 25.1 Å². The first-order valence-electron chi connectivity index (χ1n) is 12.8. The van der Waals surface area contributed by atoms with Crippen LogP contribution in [-0.2, 0) is 19.1 Å². The van der Waals surface area contributed by atoms with Gasteiger partial charge >= 0.3 is 5.97 Å². The van der Waals surface area contributed by atoms with Crippen LogP contribution in [0.4, 0.5) is 0 Å². The van der Waals surface area contributed by atoms with Crippen molar-refractivity contribution in [1.29, 1.82) is 0 Å². The Morgan fingerprint density at radius 3 is 2.65 bits per heavy atom. The van der Waals surface area contributed by atoms with Crippen molar-refractivity contribution in [1.82, 2.24) is 4.98 Å². The molecule has 37 heavy (non-hydrogen) atoms. The number of benzene rings is 1. The zero-order chi connectivity index (χ0) is 27.3. The second-order valence-corrected chi connectivity index (χ2v) is 10.5. The summed E-state index contributed by atoms with van der Waals surface area (Å²) in [6.45, 7) is 12.7. The van der Waals surface area contributed by atoms with E-state index in [-0.39, 0.29) is 18.6 Å². The first kappa shape index (κ1) is 28.8. The predicted molar refractivity (Wildman–Crippen MR) is 140 cm³/mol. The molecule has 5 atom stereocenters.